The third-order valence-electron chi connectivity index (χ3n) is 3.10. The number of rotatable bonds is 4. The highest BCUT2D eigenvalue weighted by Gasteiger charge is 2.15. The molecule has 20 heavy (non-hydrogen) atoms. The molecule has 4 nitrogen and oxygen atoms in total. The van der Waals surface area contributed by atoms with Gasteiger partial charge in [-0.15, -0.1) is 0 Å². The van der Waals surface area contributed by atoms with E-state index in [9.17, 15) is 0 Å². The van der Waals surface area contributed by atoms with Gasteiger partial charge in [-0.05, 0) is 49.7 Å². The van der Waals surface area contributed by atoms with Crippen molar-refractivity contribution in [3.05, 3.63) is 34.9 Å². The van der Waals surface area contributed by atoms with Gasteiger partial charge in [-0.3, -0.25) is 5.43 Å². The van der Waals surface area contributed by atoms with E-state index < -0.39 is 0 Å². The van der Waals surface area contributed by atoms with Crippen molar-refractivity contribution in [1.82, 2.24) is 10.7 Å². The Hall–Kier alpha value is -1.17. The zero-order valence-electron chi connectivity index (χ0n) is 11.4. The zero-order chi connectivity index (χ0) is 14.4. The van der Waals surface area contributed by atoms with Crippen LogP contribution in [0.1, 0.15) is 25.3 Å². The van der Waals surface area contributed by atoms with Crippen LogP contribution < -0.4 is 10.7 Å². The van der Waals surface area contributed by atoms with Gasteiger partial charge in [-0.2, -0.15) is 5.10 Å². The maximum atomic E-state index is 5.85. The van der Waals surface area contributed by atoms with E-state index in [1.165, 1.54) is 0 Å². The summed E-state index contributed by atoms with van der Waals surface area (Å²) in [4.78, 5) is 0. The van der Waals surface area contributed by atoms with Crippen LogP contribution in [0.25, 0.3) is 0 Å². The van der Waals surface area contributed by atoms with Crippen LogP contribution in [0.3, 0.4) is 0 Å². The van der Waals surface area contributed by atoms with Crippen LogP contribution in [0.5, 0.6) is 0 Å². The molecule has 0 saturated carbocycles. The lowest BCUT2D eigenvalue weighted by molar-refractivity contribution is 0.114. The van der Waals surface area contributed by atoms with Gasteiger partial charge < -0.3 is 10.1 Å². The van der Waals surface area contributed by atoms with Gasteiger partial charge >= 0.3 is 0 Å². The van der Waals surface area contributed by atoms with E-state index in [1.54, 1.807) is 0 Å². The minimum absolute atomic E-state index is 0.260. The summed E-state index contributed by atoms with van der Waals surface area (Å²) in [6.07, 6.45) is 2.47. The second-order valence-corrected chi connectivity index (χ2v) is 5.51. The van der Waals surface area contributed by atoms with Crippen molar-refractivity contribution in [1.29, 1.82) is 0 Å². The molecular formula is C14H18ClN3OS. The number of hydrogen-bond acceptors (Lipinski definition) is 3. The molecule has 1 unspecified atom stereocenters. The van der Waals surface area contributed by atoms with E-state index in [-0.39, 0.29) is 6.10 Å². The molecule has 1 fully saturated rings. The van der Waals surface area contributed by atoms with Crippen LogP contribution in [-0.4, -0.2) is 30.1 Å². The molecule has 1 atom stereocenters. The summed E-state index contributed by atoms with van der Waals surface area (Å²) in [6, 6.07) is 7.52. The maximum absolute atomic E-state index is 5.85. The summed E-state index contributed by atoms with van der Waals surface area (Å²) in [6.45, 7) is 3.49. The van der Waals surface area contributed by atoms with E-state index in [0.717, 1.165) is 37.3 Å². The first kappa shape index (κ1) is 15.2. The average molecular weight is 312 g/mol. The minimum atomic E-state index is 0.260. The van der Waals surface area contributed by atoms with Crippen molar-refractivity contribution in [2.45, 2.75) is 25.9 Å². The molecule has 6 heteroatoms. The molecule has 1 aromatic carbocycles. The van der Waals surface area contributed by atoms with Crippen molar-refractivity contribution in [2.75, 3.05) is 13.2 Å². The van der Waals surface area contributed by atoms with Crippen LogP contribution in [-0.2, 0) is 4.74 Å². The number of halogens is 1. The van der Waals surface area contributed by atoms with E-state index in [1.807, 2.05) is 31.2 Å². The van der Waals surface area contributed by atoms with E-state index in [4.69, 9.17) is 28.6 Å². The Balaban J connectivity index is 1.78. The Bertz CT molecular complexity index is 484. The number of thiocarbonyl (C=S) groups is 1. The summed E-state index contributed by atoms with van der Waals surface area (Å²) in [7, 11) is 0. The highest BCUT2D eigenvalue weighted by atomic mass is 35.5. The van der Waals surface area contributed by atoms with Crippen molar-refractivity contribution in [3.8, 4) is 0 Å². The molecule has 2 rings (SSSR count). The van der Waals surface area contributed by atoms with Crippen molar-refractivity contribution in [3.63, 3.8) is 0 Å². The van der Waals surface area contributed by atoms with Crippen LogP contribution in [0.15, 0.2) is 29.4 Å². The Labute approximate surface area is 129 Å². The van der Waals surface area contributed by atoms with Gasteiger partial charge in [0.15, 0.2) is 5.11 Å². The topological polar surface area (TPSA) is 45.7 Å². The van der Waals surface area contributed by atoms with Crippen LogP contribution in [0, 0.1) is 0 Å². The normalized spacial score (nSPS) is 18.9. The lowest BCUT2D eigenvalue weighted by Gasteiger charge is -2.12. The average Bonchev–Trinajstić information content (AvgIpc) is 2.96. The van der Waals surface area contributed by atoms with Crippen LogP contribution in [0.4, 0.5) is 0 Å². The molecule has 0 amide bonds. The second kappa shape index (κ2) is 7.57. The first-order chi connectivity index (χ1) is 9.65. The SMILES string of the molecule is CC(=NNC(=S)NCC1CCCO1)c1ccc(Cl)cc1. The van der Waals surface area contributed by atoms with Gasteiger partial charge in [0.25, 0.3) is 0 Å². The molecular weight excluding hydrogens is 294 g/mol. The van der Waals surface area contributed by atoms with Gasteiger partial charge in [-0.1, -0.05) is 23.7 Å². The molecule has 0 radical (unpaired) electrons. The molecule has 0 spiro atoms. The molecule has 1 heterocycles. The lowest BCUT2D eigenvalue weighted by atomic mass is 10.1. The molecule has 1 saturated heterocycles. The predicted molar refractivity (Wildman–Crippen MR) is 86.4 cm³/mol. The number of nitrogens with zero attached hydrogens (tertiary/aromatic N) is 1. The minimum Gasteiger partial charge on any atom is -0.376 e. The fourth-order valence-corrected chi connectivity index (χ4v) is 2.20. The van der Waals surface area contributed by atoms with Gasteiger partial charge in [-0.25, -0.2) is 0 Å². The monoisotopic (exact) mass is 311 g/mol. The van der Waals surface area contributed by atoms with Crippen molar-refractivity contribution >= 4 is 34.6 Å². The van der Waals surface area contributed by atoms with E-state index in [2.05, 4.69) is 15.8 Å². The van der Waals surface area contributed by atoms with Crippen LogP contribution in [0.2, 0.25) is 5.02 Å². The first-order valence-corrected chi connectivity index (χ1v) is 7.39. The number of nitrogens with one attached hydrogen (secondary N) is 2. The number of hydrogen-bond donors (Lipinski definition) is 2. The second-order valence-electron chi connectivity index (χ2n) is 4.66. The molecule has 0 bridgehead atoms. The number of hydrazone groups is 1. The molecule has 1 aromatic rings. The summed E-state index contributed by atoms with van der Waals surface area (Å²) >= 11 is 11.0. The summed E-state index contributed by atoms with van der Waals surface area (Å²) < 4.78 is 5.51. The Morgan fingerprint density at radius 3 is 2.85 bits per heavy atom. The first-order valence-electron chi connectivity index (χ1n) is 6.61. The Morgan fingerprint density at radius 2 is 2.20 bits per heavy atom. The summed E-state index contributed by atoms with van der Waals surface area (Å²) in [5.41, 5.74) is 4.69. The number of ether oxygens (including phenoxy) is 1. The largest absolute Gasteiger partial charge is 0.376 e. The fraction of sp³-hybridized carbons (Fsp3) is 0.429. The highest BCUT2D eigenvalue weighted by Crippen LogP contribution is 2.11. The molecule has 0 aromatic heterocycles. The molecule has 1 aliphatic rings. The lowest BCUT2D eigenvalue weighted by Crippen LogP contribution is -2.37. The van der Waals surface area contributed by atoms with Gasteiger partial charge in [0.1, 0.15) is 0 Å². The molecule has 2 N–H and O–H groups in total. The number of benzene rings is 1. The summed E-state index contributed by atoms with van der Waals surface area (Å²) in [5.74, 6) is 0. The van der Waals surface area contributed by atoms with E-state index >= 15 is 0 Å². The standard InChI is InChI=1S/C14H18ClN3OS/c1-10(11-4-6-12(15)7-5-11)17-18-14(20)16-9-13-3-2-8-19-13/h4-7,13H,2-3,8-9H2,1H3,(H2,16,18,20). The van der Waals surface area contributed by atoms with E-state index in [0.29, 0.717) is 10.1 Å². The fourth-order valence-electron chi connectivity index (χ4n) is 1.94. The molecule has 108 valence electrons. The summed E-state index contributed by atoms with van der Waals surface area (Å²) in [5, 5.41) is 8.58. The van der Waals surface area contributed by atoms with Crippen molar-refractivity contribution in [2.24, 2.45) is 5.10 Å². The maximum Gasteiger partial charge on any atom is 0.187 e. The highest BCUT2D eigenvalue weighted by molar-refractivity contribution is 7.80. The Kier molecular flexibility index (Phi) is 5.76. The predicted octanol–water partition coefficient (Wildman–Crippen LogP) is 2.71. The van der Waals surface area contributed by atoms with Crippen molar-refractivity contribution < 1.29 is 4.74 Å². The molecule has 1 aliphatic heterocycles. The van der Waals surface area contributed by atoms with Gasteiger partial charge in [0.05, 0.1) is 11.8 Å². The van der Waals surface area contributed by atoms with Gasteiger partial charge in [0, 0.05) is 18.2 Å². The smallest absolute Gasteiger partial charge is 0.187 e. The third-order valence-corrected chi connectivity index (χ3v) is 3.59. The van der Waals surface area contributed by atoms with Crippen LogP contribution >= 0.6 is 23.8 Å². The van der Waals surface area contributed by atoms with Gasteiger partial charge in [0.2, 0.25) is 0 Å². The zero-order valence-corrected chi connectivity index (χ0v) is 12.9. The third kappa shape index (κ3) is 4.74. The quantitative estimate of drug-likeness (QED) is 0.510. The Morgan fingerprint density at radius 1 is 1.45 bits per heavy atom. The molecule has 0 aliphatic carbocycles.